The second-order valence-electron chi connectivity index (χ2n) is 4.88. The molecule has 0 aliphatic heterocycles. The largest absolute Gasteiger partial charge is 0.300 e. The molecule has 0 radical (unpaired) electrons. The van der Waals surface area contributed by atoms with Crippen molar-refractivity contribution >= 4 is 5.78 Å². The Morgan fingerprint density at radius 1 is 1.40 bits per heavy atom. The maximum atomic E-state index is 11.6. The van der Waals surface area contributed by atoms with Gasteiger partial charge in [0.1, 0.15) is 5.78 Å². The summed E-state index contributed by atoms with van der Waals surface area (Å²) in [5, 5.41) is 0. The van der Waals surface area contributed by atoms with Crippen LogP contribution in [0.2, 0.25) is 0 Å². The average Bonchev–Trinajstić information content (AvgIpc) is 2.28. The van der Waals surface area contributed by atoms with Crippen LogP contribution in [0.15, 0.2) is 11.6 Å². The first-order valence-electron chi connectivity index (χ1n) is 6.39. The molecule has 0 saturated carbocycles. The van der Waals surface area contributed by atoms with Crippen LogP contribution in [-0.4, -0.2) is 5.78 Å². The molecule has 1 rings (SSSR count). The Bertz CT molecular complexity index is 227. The van der Waals surface area contributed by atoms with Gasteiger partial charge < -0.3 is 0 Å². The van der Waals surface area contributed by atoms with E-state index in [0.29, 0.717) is 11.7 Å². The van der Waals surface area contributed by atoms with E-state index in [2.05, 4.69) is 19.9 Å². The summed E-state index contributed by atoms with van der Waals surface area (Å²) in [7, 11) is 0. The van der Waals surface area contributed by atoms with Crippen molar-refractivity contribution in [2.24, 2.45) is 5.92 Å². The molecule has 0 aromatic rings. The zero-order valence-electron chi connectivity index (χ0n) is 10.2. The highest BCUT2D eigenvalue weighted by atomic mass is 16.1. The van der Waals surface area contributed by atoms with Crippen molar-refractivity contribution < 1.29 is 4.79 Å². The fourth-order valence-electron chi connectivity index (χ4n) is 2.28. The SMILES string of the molecule is CCCC[C@H]1CC/C(C)=C/CCC(=O)C1. The van der Waals surface area contributed by atoms with E-state index in [4.69, 9.17) is 0 Å². The number of hydrogen-bond donors (Lipinski definition) is 0. The standard InChI is InChI=1S/C14H24O/c1-3-4-7-13-10-9-12(2)6-5-8-14(15)11-13/h6,13H,3-5,7-11H2,1-2H3/b12-6+/t13-/m0/s1. The monoisotopic (exact) mass is 208 g/mol. The molecule has 86 valence electrons. The Morgan fingerprint density at radius 3 is 2.93 bits per heavy atom. The quantitative estimate of drug-likeness (QED) is 0.633. The molecule has 0 unspecified atom stereocenters. The number of carbonyl (C=O) groups excluding carboxylic acids is 1. The normalized spacial score (nSPS) is 27.5. The Labute approximate surface area is 93.9 Å². The topological polar surface area (TPSA) is 17.1 Å². The van der Waals surface area contributed by atoms with Gasteiger partial charge in [0, 0.05) is 12.8 Å². The van der Waals surface area contributed by atoms with Crippen molar-refractivity contribution in [3.8, 4) is 0 Å². The van der Waals surface area contributed by atoms with Gasteiger partial charge in [0.25, 0.3) is 0 Å². The molecule has 0 fully saturated rings. The van der Waals surface area contributed by atoms with Gasteiger partial charge in [-0.3, -0.25) is 4.79 Å². The zero-order valence-corrected chi connectivity index (χ0v) is 10.2. The van der Waals surface area contributed by atoms with E-state index in [0.717, 1.165) is 19.3 Å². The Hall–Kier alpha value is -0.590. The van der Waals surface area contributed by atoms with Crippen LogP contribution in [0.1, 0.15) is 65.2 Å². The lowest BCUT2D eigenvalue weighted by atomic mass is 9.90. The third-order valence-corrected chi connectivity index (χ3v) is 3.35. The molecule has 1 aliphatic carbocycles. The number of carbonyl (C=O) groups is 1. The Morgan fingerprint density at radius 2 is 2.20 bits per heavy atom. The first-order chi connectivity index (χ1) is 7.22. The maximum Gasteiger partial charge on any atom is 0.133 e. The first kappa shape index (κ1) is 12.5. The Kier molecular flexibility index (Phi) is 5.67. The Balaban J connectivity index is 2.47. The van der Waals surface area contributed by atoms with Crippen molar-refractivity contribution in [3.63, 3.8) is 0 Å². The number of unbranched alkanes of at least 4 members (excludes halogenated alkanes) is 1. The van der Waals surface area contributed by atoms with Gasteiger partial charge in [-0.1, -0.05) is 37.8 Å². The minimum absolute atomic E-state index is 0.474. The van der Waals surface area contributed by atoms with Crippen molar-refractivity contribution in [1.82, 2.24) is 0 Å². The number of Topliss-reactive ketones (excluding diaryl/α,β-unsaturated/α-hetero) is 1. The van der Waals surface area contributed by atoms with E-state index in [1.54, 1.807) is 0 Å². The minimum atomic E-state index is 0.474. The maximum absolute atomic E-state index is 11.6. The van der Waals surface area contributed by atoms with Crippen LogP contribution in [0, 0.1) is 5.92 Å². The second-order valence-corrected chi connectivity index (χ2v) is 4.88. The van der Waals surface area contributed by atoms with Gasteiger partial charge in [-0.05, 0) is 32.1 Å². The molecule has 1 heteroatoms. The van der Waals surface area contributed by atoms with E-state index in [-0.39, 0.29) is 0 Å². The van der Waals surface area contributed by atoms with E-state index in [1.165, 1.54) is 37.7 Å². The zero-order chi connectivity index (χ0) is 11.1. The van der Waals surface area contributed by atoms with E-state index in [1.807, 2.05) is 0 Å². The molecule has 0 bridgehead atoms. The highest BCUT2D eigenvalue weighted by molar-refractivity contribution is 5.78. The summed E-state index contributed by atoms with van der Waals surface area (Å²) < 4.78 is 0. The summed E-state index contributed by atoms with van der Waals surface area (Å²) in [6, 6.07) is 0. The molecule has 0 amide bonds. The van der Waals surface area contributed by atoms with Gasteiger partial charge >= 0.3 is 0 Å². The summed E-state index contributed by atoms with van der Waals surface area (Å²) in [6.45, 7) is 4.43. The molecular weight excluding hydrogens is 184 g/mol. The second kappa shape index (κ2) is 6.81. The molecule has 0 saturated heterocycles. The van der Waals surface area contributed by atoms with E-state index >= 15 is 0 Å². The fourth-order valence-corrected chi connectivity index (χ4v) is 2.28. The van der Waals surface area contributed by atoms with Gasteiger partial charge in [0.05, 0.1) is 0 Å². The van der Waals surface area contributed by atoms with E-state index < -0.39 is 0 Å². The summed E-state index contributed by atoms with van der Waals surface area (Å²) in [5.41, 5.74) is 1.48. The van der Waals surface area contributed by atoms with Crippen molar-refractivity contribution in [2.45, 2.75) is 65.2 Å². The van der Waals surface area contributed by atoms with Crippen LogP contribution in [0.5, 0.6) is 0 Å². The lowest BCUT2D eigenvalue weighted by Gasteiger charge is -2.14. The number of allylic oxidation sites excluding steroid dienone is 2. The van der Waals surface area contributed by atoms with Crippen LogP contribution in [0.4, 0.5) is 0 Å². The van der Waals surface area contributed by atoms with Crippen LogP contribution < -0.4 is 0 Å². The molecule has 0 spiro atoms. The van der Waals surface area contributed by atoms with Gasteiger partial charge in [0.15, 0.2) is 0 Å². The minimum Gasteiger partial charge on any atom is -0.300 e. The molecule has 1 atom stereocenters. The third kappa shape index (κ3) is 5.15. The summed E-state index contributed by atoms with van der Waals surface area (Å²) in [5.74, 6) is 1.13. The predicted molar refractivity (Wildman–Crippen MR) is 64.9 cm³/mol. The molecule has 1 nitrogen and oxygen atoms in total. The highest BCUT2D eigenvalue weighted by Gasteiger charge is 2.14. The van der Waals surface area contributed by atoms with Crippen molar-refractivity contribution in [3.05, 3.63) is 11.6 Å². The molecule has 0 N–H and O–H groups in total. The predicted octanol–water partition coefficient (Wildman–Crippen LogP) is 4.27. The summed E-state index contributed by atoms with van der Waals surface area (Å²) >= 11 is 0. The molecule has 15 heavy (non-hydrogen) atoms. The van der Waals surface area contributed by atoms with E-state index in [9.17, 15) is 4.79 Å². The summed E-state index contributed by atoms with van der Waals surface area (Å²) in [6.07, 6.45) is 11.0. The number of rotatable bonds is 3. The molecule has 1 aliphatic rings. The van der Waals surface area contributed by atoms with Gasteiger partial charge in [-0.15, -0.1) is 0 Å². The van der Waals surface area contributed by atoms with Crippen molar-refractivity contribution in [1.29, 1.82) is 0 Å². The fraction of sp³-hybridized carbons (Fsp3) is 0.786. The third-order valence-electron chi connectivity index (χ3n) is 3.35. The smallest absolute Gasteiger partial charge is 0.133 e. The van der Waals surface area contributed by atoms with Crippen LogP contribution >= 0.6 is 0 Å². The van der Waals surface area contributed by atoms with Gasteiger partial charge in [-0.2, -0.15) is 0 Å². The lowest BCUT2D eigenvalue weighted by molar-refractivity contribution is -0.120. The number of ketones is 1. The number of hydrogen-bond acceptors (Lipinski definition) is 1. The van der Waals surface area contributed by atoms with Crippen LogP contribution in [0.25, 0.3) is 0 Å². The molecule has 0 aromatic heterocycles. The highest BCUT2D eigenvalue weighted by Crippen LogP contribution is 2.24. The molecular formula is C14H24O. The summed E-state index contributed by atoms with van der Waals surface area (Å²) in [4.78, 5) is 11.6. The molecule has 0 aromatic carbocycles. The van der Waals surface area contributed by atoms with Crippen molar-refractivity contribution in [2.75, 3.05) is 0 Å². The molecule has 0 heterocycles. The lowest BCUT2D eigenvalue weighted by Crippen LogP contribution is -2.08. The average molecular weight is 208 g/mol. The first-order valence-corrected chi connectivity index (χ1v) is 6.39. The van der Waals surface area contributed by atoms with Gasteiger partial charge in [-0.25, -0.2) is 0 Å². The van der Waals surface area contributed by atoms with Crippen LogP contribution in [0.3, 0.4) is 0 Å². The van der Waals surface area contributed by atoms with Gasteiger partial charge in [0.2, 0.25) is 0 Å². The van der Waals surface area contributed by atoms with Crippen LogP contribution in [-0.2, 0) is 4.79 Å².